The van der Waals surface area contributed by atoms with Crippen molar-refractivity contribution in [3.63, 3.8) is 0 Å². The van der Waals surface area contributed by atoms with Crippen LogP contribution in [0.1, 0.15) is 44.3 Å². The Hall–Kier alpha value is -2.40. The highest BCUT2D eigenvalue weighted by Gasteiger charge is 2.17. The molecule has 0 N–H and O–H groups in total. The zero-order valence-electron chi connectivity index (χ0n) is 15.4. The van der Waals surface area contributed by atoms with Crippen LogP contribution in [-0.4, -0.2) is 29.9 Å². The predicted molar refractivity (Wildman–Crippen MR) is 103 cm³/mol. The lowest BCUT2D eigenvalue weighted by Gasteiger charge is -2.11. The number of hydrogen-bond acceptors (Lipinski definition) is 5. The first kappa shape index (κ1) is 19.9. The third kappa shape index (κ3) is 5.05. The van der Waals surface area contributed by atoms with E-state index in [1.807, 2.05) is 32.9 Å². The number of thioether (sulfide) groups is 1. The van der Waals surface area contributed by atoms with E-state index in [1.165, 1.54) is 18.7 Å². The van der Waals surface area contributed by atoms with E-state index in [2.05, 4.69) is 0 Å². The maximum Gasteiger partial charge on any atom is 0.339 e. The highest BCUT2D eigenvalue weighted by atomic mass is 32.2. The fourth-order valence-corrected chi connectivity index (χ4v) is 3.33. The van der Waals surface area contributed by atoms with Gasteiger partial charge in [0.2, 0.25) is 5.78 Å². The number of esters is 1. The number of ketones is 2. The molecule has 0 bridgehead atoms. The van der Waals surface area contributed by atoms with Gasteiger partial charge in [0.1, 0.15) is 5.78 Å². The lowest BCUT2D eigenvalue weighted by atomic mass is 9.98. The molecule has 0 aliphatic rings. The average Bonchev–Trinajstić information content (AvgIpc) is 2.60. The predicted octanol–water partition coefficient (Wildman–Crippen LogP) is 4.33. The molecule has 2 aromatic carbocycles. The summed E-state index contributed by atoms with van der Waals surface area (Å²) < 4.78 is 5.23. The Kier molecular flexibility index (Phi) is 6.75. The summed E-state index contributed by atoms with van der Waals surface area (Å²) in [6.45, 7) is 6.99. The van der Waals surface area contributed by atoms with Crippen molar-refractivity contribution in [2.75, 3.05) is 12.4 Å². The third-order valence-corrected chi connectivity index (χ3v) is 5.23. The number of ether oxygens (including phenoxy) is 1. The number of rotatable bonds is 7. The Morgan fingerprint density at radius 1 is 0.923 bits per heavy atom. The van der Waals surface area contributed by atoms with Crippen LogP contribution in [0.15, 0.2) is 41.3 Å². The van der Waals surface area contributed by atoms with Crippen molar-refractivity contribution < 1.29 is 19.1 Å². The standard InChI is InChI=1S/C21H22O4S/c1-13-9-15(3)18(10-14(13)2)19(23)11-25-21(24)17-7-5-6-8-20(17)26-12-16(4)22/h5-10H,11-12H2,1-4H3. The minimum Gasteiger partial charge on any atom is -0.454 e. The molecule has 0 aromatic heterocycles. The van der Waals surface area contributed by atoms with Crippen LogP contribution >= 0.6 is 11.8 Å². The molecular weight excluding hydrogens is 348 g/mol. The number of carbonyl (C=O) groups excluding carboxylic acids is 3. The van der Waals surface area contributed by atoms with E-state index < -0.39 is 5.97 Å². The molecule has 0 atom stereocenters. The second-order valence-electron chi connectivity index (χ2n) is 6.24. The second-order valence-corrected chi connectivity index (χ2v) is 7.25. The molecule has 2 aromatic rings. The minimum atomic E-state index is -0.563. The van der Waals surface area contributed by atoms with E-state index in [0.29, 0.717) is 16.0 Å². The van der Waals surface area contributed by atoms with Crippen LogP contribution in [0.4, 0.5) is 0 Å². The maximum atomic E-state index is 12.4. The molecule has 0 saturated heterocycles. The Bertz CT molecular complexity index is 855. The first-order valence-corrected chi connectivity index (χ1v) is 9.27. The Morgan fingerprint density at radius 3 is 2.27 bits per heavy atom. The SMILES string of the molecule is CC(=O)CSc1ccccc1C(=O)OCC(=O)c1cc(C)c(C)cc1C. The van der Waals surface area contributed by atoms with Crippen LogP contribution in [0.5, 0.6) is 0 Å². The molecular formula is C21H22O4S. The first-order chi connectivity index (χ1) is 12.3. The summed E-state index contributed by atoms with van der Waals surface area (Å²) in [5, 5.41) is 0. The first-order valence-electron chi connectivity index (χ1n) is 8.29. The minimum absolute atomic E-state index is 0.0264. The molecule has 0 radical (unpaired) electrons. The molecule has 2 rings (SSSR count). The summed E-state index contributed by atoms with van der Waals surface area (Å²) >= 11 is 1.28. The van der Waals surface area contributed by atoms with E-state index in [-0.39, 0.29) is 23.9 Å². The molecule has 0 unspecified atom stereocenters. The number of hydrogen-bond donors (Lipinski definition) is 0. The summed E-state index contributed by atoms with van der Waals surface area (Å²) in [7, 11) is 0. The van der Waals surface area contributed by atoms with Crippen LogP contribution in [0.25, 0.3) is 0 Å². The molecule has 0 heterocycles. The molecule has 4 nitrogen and oxygen atoms in total. The summed E-state index contributed by atoms with van der Waals surface area (Å²) in [4.78, 5) is 36.7. The topological polar surface area (TPSA) is 60.4 Å². The van der Waals surface area contributed by atoms with Crippen LogP contribution in [0.2, 0.25) is 0 Å². The van der Waals surface area contributed by atoms with Crippen molar-refractivity contribution in [3.05, 3.63) is 64.2 Å². The molecule has 26 heavy (non-hydrogen) atoms. The molecule has 0 amide bonds. The summed E-state index contributed by atoms with van der Waals surface area (Å²) in [6.07, 6.45) is 0. The lowest BCUT2D eigenvalue weighted by Crippen LogP contribution is -2.16. The highest BCUT2D eigenvalue weighted by molar-refractivity contribution is 8.00. The molecule has 0 saturated carbocycles. The van der Waals surface area contributed by atoms with Crippen molar-refractivity contribution in [3.8, 4) is 0 Å². The van der Waals surface area contributed by atoms with Gasteiger partial charge >= 0.3 is 5.97 Å². The lowest BCUT2D eigenvalue weighted by molar-refractivity contribution is -0.114. The number of carbonyl (C=O) groups is 3. The zero-order chi connectivity index (χ0) is 19.3. The molecule has 5 heteroatoms. The summed E-state index contributed by atoms with van der Waals surface area (Å²) in [5.41, 5.74) is 3.94. The van der Waals surface area contributed by atoms with Crippen molar-refractivity contribution in [2.24, 2.45) is 0 Å². The van der Waals surface area contributed by atoms with Gasteiger partial charge in [-0.2, -0.15) is 0 Å². The van der Waals surface area contributed by atoms with Crippen LogP contribution < -0.4 is 0 Å². The fraction of sp³-hybridized carbons (Fsp3) is 0.286. The van der Waals surface area contributed by atoms with Crippen molar-refractivity contribution >= 4 is 29.3 Å². The normalized spacial score (nSPS) is 10.5. The molecule has 0 fully saturated rings. The molecule has 0 aliphatic heterocycles. The summed E-state index contributed by atoms with van der Waals surface area (Å²) in [5.74, 6) is -0.483. The number of aryl methyl sites for hydroxylation is 3. The van der Waals surface area contributed by atoms with Crippen molar-refractivity contribution in [1.82, 2.24) is 0 Å². The Labute approximate surface area is 157 Å². The Morgan fingerprint density at radius 2 is 1.58 bits per heavy atom. The van der Waals surface area contributed by atoms with Gasteiger partial charge in [-0.3, -0.25) is 9.59 Å². The van der Waals surface area contributed by atoms with Gasteiger partial charge in [0, 0.05) is 10.5 Å². The van der Waals surface area contributed by atoms with Gasteiger partial charge in [-0.1, -0.05) is 18.2 Å². The zero-order valence-corrected chi connectivity index (χ0v) is 16.2. The smallest absolute Gasteiger partial charge is 0.339 e. The van der Waals surface area contributed by atoms with Gasteiger partial charge in [-0.05, 0) is 62.6 Å². The van der Waals surface area contributed by atoms with E-state index in [1.54, 1.807) is 24.3 Å². The molecule has 0 aliphatic carbocycles. The molecule has 136 valence electrons. The number of Topliss-reactive ketones (excluding diaryl/α,β-unsaturated/α-hetero) is 2. The van der Waals surface area contributed by atoms with Crippen molar-refractivity contribution in [1.29, 1.82) is 0 Å². The van der Waals surface area contributed by atoms with E-state index in [0.717, 1.165) is 16.7 Å². The van der Waals surface area contributed by atoms with Crippen LogP contribution in [0, 0.1) is 20.8 Å². The van der Waals surface area contributed by atoms with Gasteiger partial charge in [-0.25, -0.2) is 4.79 Å². The summed E-state index contributed by atoms with van der Waals surface area (Å²) in [6, 6.07) is 10.7. The quantitative estimate of drug-likeness (QED) is 0.412. The fourth-order valence-electron chi connectivity index (χ4n) is 2.49. The van der Waals surface area contributed by atoms with Crippen molar-refractivity contribution in [2.45, 2.75) is 32.6 Å². The average molecular weight is 370 g/mol. The monoisotopic (exact) mass is 370 g/mol. The maximum absolute atomic E-state index is 12.4. The van der Waals surface area contributed by atoms with Gasteiger partial charge in [0.25, 0.3) is 0 Å². The number of benzene rings is 2. The highest BCUT2D eigenvalue weighted by Crippen LogP contribution is 2.23. The third-order valence-electron chi connectivity index (χ3n) is 4.01. The second kappa shape index (κ2) is 8.81. The molecule has 0 spiro atoms. The van der Waals surface area contributed by atoms with E-state index >= 15 is 0 Å². The van der Waals surface area contributed by atoms with E-state index in [9.17, 15) is 14.4 Å². The van der Waals surface area contributed by atoms with Crippen LogP contribution in [0.3, 0.4) is 0 Å². The van der Waals surface area contributed by atoms with Gasteiger partial charge in [0.05, 0.1) is 11.3 Å². The largest absolute Gasteiger partial charge is 0.454 e. The van der Waals surface area contributed by atoms with Gasteiger partial charge in [0.15, 0.2) is 6.61 Å². The van der Waals surface area contributed by atoms with Gasteiger partial charge in [-0.15, -0.1) is 11.8 Å². The van der Waals surface area contributed by atoms with E-state index in [4.69, 9.17) is 4.74 Å². The van der Waals surface area contributed by atoms with Crippen LogP contribution in [-0.2, 0) is 9.53 Å². The van der Waals surface area contributed by atoms with Gasteiger partial charge < -0.3 is 4.74 Å². The Balaban J connectivity index is 2.08.